The van der Waals surface area contributed by atoms with Crippen molar-refractivity contribution in [1.29, 1.82) is 0 Å². The number of alkyl halides is 3. The highest BCUT2D eigenvalue weighted by Crippen LogP contribution is 2.47. The van der Waals surface area contributed by atoms with E-state index in [1.807, 2.05) is 6.07 Å². The number of anilines is 1. The van der Waals surface area contributed by atoms with Gasteiger partial charge in [-0.2, -0.15) is 18.3 Å². The van der Waals surface area contributed by atoms with Crippen LogP contribution in [0.15, 0.2) is 30.9 Å². The van der Waals surface area contributed by atoms with Gasteiger partial charge >= 0.3 is 6.18 Å². The number of rotatable bonds is 6. The molecule has 1 fully saturated rings. The van der Waals surface area contributed by atoms with Crippen LogP contribution in [0.5, 0.6) is 5.88 Å². The van der Waals surface area contributed by atoms with Crippen molar-refractivity contribution in [3.05, 3.63) is 53.5 Å². The fourth-order valence-electron chi connectivity index (χ4n) is 5.27. The number of fused-ring (bicyclic) bond motifs is 1. The minimum atomic E-state index is -4.50. The first-order valence-corrected chi connectivity index (χ1v) is 13.0. The predicted octanol–water partition coefficient (Wildman–Crippen LogP) is 5.18. The topological polar surface area (TPSA) is 86.8 Å². The normalized spacial score (nSPS) is 15.6. The maximum Gasteiger partial charge on any atom is 0.434 e. The third kappa shape index (κ3) is 4.51. The van der Waals surface area contributed by atoms with Gasteiger partial charge < -0.3 is 14.2 Å². The van der Waals surface area contributed by atoms with E-state index in [-0.39, 0.29) is 11.9 Å². The molecule has 204 valence electrons. The molecule has 5 heterocycles. The molecule has 0 aromatic carbocycles. The van der Waals surface area contributed by atoms with Crippen LogP contribution in [0.25, 0.3) is 22.6 Å². The van der Waals surface area contributed by atoms with E-state index >= 15 is 0 Å². The average Bonchev–Trinajstić information content (AvgIpc) is 3.58. The van der Waals surface area contributed by atoms with Crippen molar-refractivity contribution in [2.45, 2.75) is 57.8 Å². The Kier molecular flexibility index (Phi) is 6.07. The zero-order valence-corrected chi connectivity index (χ0v) is 22.2. The van der Waals surface area contributed by atoms with Crippen LogP contribution in [-0.2, 0) is 26.2 Å². The number of pyridine rings is 1. The summed E-state index contributed by atoms with van der Waals surface area (Å²) < 4.78 is 48.5. The first-order chi connectivity index (χ1) is 18.7. The van der Waals surface area contributed by atoms with Gasteiger partial charge in [0.05, 0.1) is 18.4 Å². The average molecular weight is 539 g/mol. The maximum atomic E-state index is 13.1. The van der Waals surface area contributed by atoms with Crippen molar-refractivity contribution in [2.24, 2.45) is 7.05 Å². The second kappa shape index (κ2) is 9.35. The van der Waals surface area contributed by atoms with Gasteiger partial charge in [0, 0.05) is 67.7 Å². The Labute approximate surface area is 223 Å². The molecule has 0 amide bonds. The van der Waals surface area contributed by atoms with Crippen molar-refractivity contribution in [3.63, 3.8) is 0 Å². The lowest BCUT2D eigenvalue weighted by Crippen LogP contribution is -2.32. The highest BCUT2D eigenvalue weighted by molar-refractivity contribution is 5.73. The molecule has 1 aliphatic heterocycles. The van der Waals surface area contributed by atoms with E-state index < -0.39 is 11.9 Å². The van der Waals surface area contributed by atoms with Crippen LogP contribution >= 0.6 is 0 Å². The number of aromatic nitrogens is 7. The van der Waals surface area contributed by atoms with Gasteiger partial charge in [0.15, 0.2) is 5.69 Å². The molecule has 1 aliphatic carbocycles. The summed E-state index contributed by atoms with van der Waals surface area (Å²) >= 11 is 0. The number of halogens is 3. The standard InChI is InChI=1S/C27H29F3N8O/c1-15(2)38-19-9-10-37(21-8-7-17(11-31-21)25-34-20(13-36(25)3)27(28,29)30)12-18(19)24(35-38)22-23(16-5-6-16)32-14-33-26(22)39-4/h7-8,11,13-16H,5-6,9-10,12H2,1-4H3. The minimum absolute atomic E-state index is 0.177. The number of nitrogens with zero attached hydrogens (tertiary/aromatic N) is 8. The van der Waals surface area contributed by atoms with Gasteiger partial charge in [0.2, 0.25) is 5.88 Å². The van der Waals surface area contributed by atoms with Gasteiger partial charge in [0.25, 0.3) is 0 Å². The Balaban J connectivity index is 1.35. The first kappa shape index (κ1) is 25.3. The van der Waals surface area contributed by atoms with E-state index in [0.717, 1.165) is 60.3 Å². The fraction of sp³-hybridized carbons (Fsp3) is 0.444. The van der Waals surface area contributed by atoms with Gasteiger partial charge in [-0.3, -0.25) is 4.68 Å². The highest BCUT2D eigenvalue weighted by atomic mass is 19.4. The number of hydrogen-bond acceptors (Lipinski definition) is 7. The van der Waals surface area contributed by atoms with Crippen molar-refractivity contribution < 1.29 is 17.9 Å². The Morgan fingerprint density at radius 2 is 1.90 bits per heavy atom. The number of ether oxygens (including phenoxy) is 1. The first-order valence-electron chi connectivity index (χ1n) is 13.0. The van der Waals surface area contributed by atoms with E-state index in [1.54, 1.807) is 32.7 Å². The smallest absolute Gasteiger partial charge is 0.434 e. The van der Waals surface area contributed by atoms with Gasteiger partial charge in [-0.25, -0.2) is 19.9 Å². The van der Waals surface area contributed by atoms with E-state index in [1.165, 1.54) is 10.3 Å². The number of imidazole rings is 1. The number of methoxy groups -OCH3 is 1. The highest BCUT2D eigenvalue weighted by Gasteiger charge is 2.36. The molecule has 4 aromatic heterocycles. The Hall–Kier alpha value is -3.96. The molecule has 0 bridgehead atoms. The SMILES string of the molecule is COc1ncnc(C2CC2)c1-c1nn(C(C)C)c2c1CN(c1ccc(-c3nc(C(F)(F)F)cn3C)cn1)CC2. The van der Waals surface area contributed by atoms with E-state index in [9.17, 15) is 13.2 Å². The number of aryl methyl sites for hydroxylation is 1. The lowest BCUT2D eigenvalue weighted by atomic mass is 9.98. The summed E-state index contributed by atoms with van der Waals surface area (Å²) in [4.78, 5) is 19.6. The van der Waals surface area contributed by atoms with Crippen LogP contribution in [-0.4, -0.2) is 47.9 Å². The fourth-order valence-corrected chi connectivity index (χ4v) is 5.27. The molecule has 6 rings (SSSR count). The van der Waals surface area contributed by atoms with Crippen molar-refractivity contribution >= 4 is 5.82 Å². The Morgan fingerprint density at radius 1 is 1.10 bits per heavy atom. The monoisotopic (exact) mass is 538 g/mol. The third-order valence-electron chi connectivity index (χ3n) is 7.31. The lowest BCUT2D eigenvalue weighted by Gasteiger charge is -2.29. The molecular formula is C27H29F3N8O. The molecule has 0 unspecified atom stereocenters. The zero-order valence-electron chi connectivity index (χ0n) is 22.2. The van der Waals surface area contributed by atoms with Crippen LogP contribution in [0.1, 0.15) is 61.3 Å². The van der Waals surface area contributed by atoms with E-state index in [4.69, 9.17) is 9.84 Å². The van der Waals surface area contributed by atoms with Crippen LogP contribution in [0, 0.1) is 0 Å². The lowest BCUT2D eigenvalue weighted by molar-refractivity contribution is -0.140. The Morgan fingerprint density at radius 3 is 2.51 bits per heavy atom. The summed E-state index contributed by atoms with van der Waals surface area (Å²) in [6, 6.07) is 3.77. The molecule has 0 N–H and O–H groups in total. The minimum Gasteiger partial charge on any atom is -0.480 e. The summed E-state index contributed by atoms with van der Waals surface area (Å²) in [5.41, 5.74) is 4.54. The van der Waals surface area contributed by atoms with Crippen LogP contribution in [0.4, 0.5) is 19.0 Å². The van der Waals surface area contributed by atoms with E-state index in [2.05, 4.69) is 43.4 Å². The summed E-state index contributed by atoms with van der Waals surface area (Å²) in [6.07, 6.45) is 2.56. The Bertz CT molecular complexity index is 1520. The van der Waals surface area contributed by atoms with E-state index in [0.29, 0.717) is 23.9 Å². The summed E-state index contributed by atoms with van der Waals surface area (Å²) in [6.45, 7) is 5.54. The quantitative estimate of drug-likeness (QED) is 0.334. The molecule has 1 saturated carbocycles. The number of hydrogen-bond donors (Lipinski definition) is 0. The van der Waals surface area contributed by atoms with Crippen LogP contribution < -0.4 is 9.64 Å². The second-order valence-corrected chi connectivity index (χ2v) is 10.4. The summed E-state index contributed by atoms with van der Waals surface area (Å²) in [5, 5.41) is 5.06. The molecule has 12 heteroatoms. The molecule has 9 nitrogen and oxygen atoms in total. The predicted molar refractivity (Wildman–Crippen MR) is 138 cm³/mol. The largest absolute Gasteiger partial charge is 0.480 e. The van der Waals surface area contributed by atoms with Gasteiger partial charge in [-0.15, -0.1) is 0 Å². The summed E-state index contributed by atoms with van der Waals surface area (Å²) in [7, 11) is 3.16. The zero-order chi connectivity index (χ0) is 27.5. The molecule has 2 aliphatic rings. The molecular weight excluding hydrogens is 509 g/mol. The molecule has 0 saturated heterocycles. The van der Waals surface area contributed by atoms with Crippen molar-refractivity contribution in [2.75, 3.05) is 18.6 Å². The molecule has 0 atom stereocenters. The van der Waals surface area contributed by atoms with Crippen LogP contribution in [0.3, 0.4) is 0 Å². The molecule has 39 heavy (non-hydrogen) atoms. The maximum absolute atomic E-state index is 13.1. The summed E-state index contributed by atoms with van der Waals surface area (Å²) in [5.74, 6) is 1.86. The molecule has 0 radical (unpaired) electrons. The van der Waals surface area contributed by atoms with Crippen LogP contribution in [0.2, 0.25) is 0 Å². The second-order valence-electron chi connectivity index (χ2n) is 10.4. The van der Waals surface area contributed by atoms with Gasteiger partial charge in [0.1, 0.15) is 23.7 Å². The van der Waals surface area contributed by atoms with Crippen molar-refractivity contribution in [3.8, 4) is 28.5 Å². The third-order valence-corrected chi connectivity index (χ3v) is 7.31. The molecule has 0 spiro atoms. The molecule has 4 aromatic rings. The van der Waals surface area contributed by atoms with Crippen molar-refractivity contribution in [1.82, 2.24) is 34.3 Å². The van der Waals surface area contributed by atoms with Gasteiger partial charge in [-0.05, 0) is 38.8 Å². The van der Waals surface area contributed by atoms with Gasteiger partial charge in [-0.1, -0.05) is 0 Å².